The first kappa shape index (κ1) is 12.1. The minimum Gasteiger partial charge on any atom is -0.309 e. The van der Waals surface area contributed by atoms with Gasteiger partial charge in [0.1, 0.15) is 0 Å². The summed E-state index contributed by atoms with van der Waals surface area (Å²) in [5, 5.41) is 3.48. The standard InChI is InChI=1S/C12H21N3/c1-5-14-12(9-15(3)4)11-6-10(2)7-13-8-11/h6-8,12,14H,5,9H2,1-4H3. The molecule has 1 unspecified atom stereocenters. The summed E-state index contributed by atoms with van der Waals surface area (Å²) >= 11 is 0. The highest BCUT2D eigenvalue weighted by molar-refractivity contribution is 5.20. The molecule has 0 radical (unpaired) electrons. The van der Waals surface area contributed by atoms with Crippen LogP contribution in [0, 0.1) is 6.92 Å². The van der Waals surface area contributed by atoms with Crippen molar-refractivity contribution < 1.29 is 0 Å². The summed E-state index contributed by atoms with van der Waals surface area (Å²) in [7, 11) is 4.18. The second-order valence-electron chi connectivity index (χ2n) is 4.17. The second kappa shape index (κ2) is 5.83. The van der Waals surface area contributed by atoms with Crippen LogP contribution in [-0.4, -0.2) is 37.1 Å². The number of aromatic nitrogens is 1. The van der Waals surface area contributed by atoms with Crippen molar-refractivity contribution in [3.63, 3.8) is 0 Å². The van der Waals surface area contributed by atoms with Gasteiger partial charge in [-0.25, -0.2) is 0 Å². The number of likely N-dealkylation sites (N-methyl/N-ethyl adjacent to an activating group) is 2. The van der Waals surface area contributed by atoms with E-state index in [1.54, 1.807) is 0 Å². The maximum absolute atomic E-state index is 4.24. The van der Waals surface area contributed by atoms with E-state index in [-0.39, 0.29) is 0 Å². The molecule has 0 aliphatic rings. The van der Waals surface area contributed by atoms with Crippen molar-refractivity contribution in [2.24, 2.45) is 0 Å². The molecule has 0 aliphatic carbocycles. The number of aryl methyl sites for hydroxylation is 1. The van der Waals surface area contributed by atoms with Crippen molar-refractivity contribution in [3.05, 3.63) is 29.6 Å². The van der Waals surface area contributed by atoms with Crippen LogP contribution < -0.4 is 5.32 Å². The van der Waals surface area contributed by atoms with Crippen LogP contribution in [0.5, 0.6) is 0 Å². The number of hydrogen-bond donors (Lipinski definition) is 1. The summed E-state index contributed by atoms with van der Waals surface area (Å²) in [6.45, 7) is 6.19. The lowest BCUT2D eigenvalue weighted by Gasteiger charge is -2.22. The van der Waals surface area contributed by atoms with Gasteiger partial charge >= 0.3 is 0 Å². The number of nitrogens with zero attached hydrogens (tertiary/aromatic N) is 2. The fourth-order valence-electron chi connectivity index (χ4n) is 1.67. The van der Waals surface area contributed by atoms with Gasteiger partial charge in [0.25, 0.3) is 0 Å². The molecule has 1 N–H and O–H groups in total. The van der Waals surface area contributed by atoms with E-state index in [1.165, 1.54) is 11.1 Å². The Balaban J connectivity index is 2.78. The minimum absolute atomic E-state index is 0.373. The predicted octanol–water partition coefficient (Wildman–Crippen LogP) is 1.60. The zero-order chi connectivity index (χ0) is 11.3. The van der Waals surface area contributed by atoms with Crippen LogP contribution in [0.25, 0.3) is 0 Å². The van der Waals surface area contributed by atoms with Gasteiger partial charge in [0.2, 0.25) is 0 Å². The van der Waals surface area contributed by atoms with E-state index in [9.17, 15) is 0 Å². The molecule has 1 atom stereocenters. The molecule has 0 aliphatic heterocycles. The number of pyridine rings is 1. The van der Waals surface area contributed by atoms with Crippen LogP contribution in [0.15, 0.2) is 18.5 Å². The largest absolute Gasteiger partial charge is 0.309 e. The summed E-state index contributed by atoms with van der Waals surface area (Å²) in [5.74, 6) is 0. The summed E-state index contributed by atoms with van der Waals surface area (Å²) in [5.41, 5.74) is 2.49. The van der Waals surface area contributed by atoms with E-state index in [1.807, 2.05) is 12.4 Å². The van der Waals surface area contributed by atoms with Crippen molar-refractivity contribution in [1.29, 1.82) is 0 Å². The molecule has 1 heterocycles. The van der Waals surface area contributed by atoms with E-state index >= 15 is 0 Å². The highest BCUT2D eigenvalue weighted by Crippen LogP contribution is 2.13. The van der Waals surface area contributed by atoms with Gasteiger partial charge in [0, 0.05) is 25.0 Å². The first-order chi connectivity index (χ1) is 7.13. The van der Waals surface area contributed by atoms with E-state index in [0.29, 0.717) is 6.04 Å². The van der Waals surface area contributed by atoms with Crippen molar-refractivity contribution in [2.45, 2.75) is 19.9 Å². The van der Waals surface area contributed by atoms with E-state index in [2.05, 4.69) is 49.2 Å². The fraction of sp³-hybridized carbons (Fsp3) is 0.583. The van der Waals surface area contributed by atoms with Gasteiger partial charge in [0.15, 0.2) is 0 Å². The molecule has 3 heteroatoms. The third-order valence-corrected chi connectivity index (χ3v) is 2.30. The summed E-state index contributed by atoms with van der Waals surface area (Å²) in [6, 6.07) is 2.57. The monoisotopic (exact) mass is 207 g/mol. The molecular formula is C12H21N3. The molecule has 1 aromatic rings. The van der Waals surface area contributed by atoms with Crippen molar-refractivity contribution in [2.75, 3.05) is 27.2 Å². The third-order valence-electron chi connectivity index (χ3n) is 2.30. The average Bonchev–Trinajstić information content (AvgIpc) is 2.16. The first-order valence-corrected chi connectivity index (χ1v) is 5.43. The normalized spacial score (nSPS) is 13.1. The molecule has 1 aromatic heterocycles. The van der Waals surface area contributed by atoms with Crippen LogP contribution in [0.3, 0.4) is 0 Å². The topological polar surface area (TPSA) is 28.2 Å². The van der Waals surface area contributed by atoms with Gasteiger partial charge in [0.05, 0.1) is 0 Å². The highest BCUT2D eigenvalue weighted by Gasteiger charge is 2.11. The molecule has 0 aromatic carbocycles. The minimum atomic E-state index is 0.373. The van der Waals surface area contributed by atoms with Crippen LogP contribution in [-0.2, 0) is 0 Å². The molecule has 0 saturated heterocycles. The lowest BCUT2D eigenvalue weighted by molar-refractivity contribution is 0.344. The Hall–Kier alpha value is -0.930. The maximum Gasteiger partial charge on any atom is 0.0464 e. The van der Waals surface area contributed by atoms with Crippen molar-refractivity contribution >= 4 is 0 Å². The highest BCUT2D eigenvalue weighted by atomic mass is 15.1. The SMILES string of the molecule is CCNC(CN(C)C)c1cncc(C)c1. The van der Waals surface area contributed by atoms with Crippen molar-refractivity contribution in [1.82, 2.24) is 15.2 Å². The van der Waals surface area contributed by atoms with Crippen LogP contribution in [0.2, 0.25) is 0 Å². The smallest absolute Gasteiger partial charge is 0.0464 e. The molecule has 84 valence electrons. The molecule has 0 saturated carbocycles. The van der Waals surface area contributed by atoms with Gasteiger partial charge in [-0.2, -0.15) is 0 Å². The van der Waals surface area contributed by atoms with Gasteiger partial charge in [-0.15, -0.1) is 0 Å². The van der Waals surface area contributed by atoms with E-state index < -0.39 is 0 Å². The molecular weight excluding hydrogens is 186 g/mol. The van der Waals surface area contributed by atoms with Gasteiger partial charge < -0.3 is 10.2 Å². The zero-order valence-electron chi connectivity index (χ0n) is 10.1. The Morgan fingerprint density at radius 2 is 2.13 bits per heavy atom. The Labute approximate surface area is 92.5 Å². The molecule has 15 heavy (non-hydrogen) atoms. The summed E-state index contributed by atoms with van der Waals surface area (Å²) in [6.07, 6.45) is 3.84. The van der Waals surface area contributed by atoms with Gasteiger partial charge in [-0.1, -0.05) is 13.0 Å². The molecule has 0 spiro atoms. The zero-order valence-corrected chi connectivity index (χ0v) is 10.1. The molecule has 0 amide bonds. The number of rotatable bonds is 5. The lowest BCUT2D eigenvalue weighted by Crippen LogP contribution is -2.31. The third kappa shape index (κ3) is 3.98. The summed E-state index contributed by atoms with van der Waals surface area (Å²) < 4.78 is 0. The number of nitrogens with one attached hydrogen (secondary N) is 1. The maximum atomic E-state index is 4.24. The van der Waals surface area contributed by atoms with Crippen molar-refractivity contribution in [3.8, 4) is 0 Å². The Morgan fingerprint density at radius 1 is 1.40 bits per heavy atom. The molecule has 1 rings (SSSR count). The number of hydrogen-bond acceptors (Lipinski definition) is 3. The van der Waals surface area contributed by atoms with Crippen LogP contribution in [0.4, 0.5) is 0 Å². The molecule has 0 bridgehead atoms. The predicted molar refractivity (Wildman–Crippen MR) is 63.9 cm³/mol. The second-order valence-corrected chi connectivity index (χ2v) is 4.17. The first-order valence-electron chi connectivity index (χ1n) is 5.43. The average molecular weight is 207 g/mol. The Kier molecular flexibility index (Phi) is 4.72. The molecule has 0 fully saturated rings. The van der Waals surface area contributed by atoms with E-state index in [0.717, 1.165) is 13.1 Å². The molecule has 3 nitrogen and oxygen atoms in total. The Morgan fingerprint density at radius 3 is 2.67 bits per heavy atom. The van der Waals surface area contributed by atoms with Gasteiger partial charge in [-0.3, -0.25) is 4.98 Å². The fourth-order valence-corrected chi connectivity index (χ4v) is 1.67. The lowest BCUT2D eigenvalue weighted by atomic mass is 10.1. The van der Waals surface area contributed by atoms with Gasteiger partial charge in [-0.05, 0) is 38.7 Å². The van der Waals surface area contributed by atoms with Crippen LogP contribution >= 0.6 is 0 Å². The van der Waals surface area contributed by atoms with Crippen LogP contribution in [0.1, 0.15) is 24.1 Å². The Bertz CT molecular complexity index is 297. The summed E-state index contributed by atoms with van der Waals surface area (Å²) in [4.78, 5) is 6.43. The van der Waals surface area contributed by atoms with E-state index in [4.69, 9.17) is 0 Å². The quantitative estimate of drug-likeness (QED) is 0.795.